The number of fused-ring (bicyclic) bond motifs is 1. The van der Waals surface area contributed by atoms with Gasteiger partial charge in [0.1, 0.15) is 17.0 Å². The maximum atomic E-state index is 12.5. The van der Waals surface area contributed by atoms with Crippen molar-refractivity contribution in [3.63, 3.8) is 0 Å². The van der Waals surface area contributed by atoms with Crippen LogP contribution in [0.25, 0.3) is 10.2 Å². The summed E-state index contributed by atoms with van der Waals surface area (Å²) >= 11 is 7.96. The lowest BCUT2D eigenvalue weighted by atomic mass is 9.96. The summed E-state index contributed by atoms with van der Waals surface area (Å²) in [5, 5.41) is 1.68. The molecule has 3 aromatic rings. The number of hydrogen-bond donors (Lipinski definition) is 0. The van der Waals surface area contributed by atoms with Crippen LogP contribution in [0.15, 0.2) is 24.7 Å². The van der Waals surface area contributed by atoms with Crippen LogP contribution in [-0.4, -0.2) is 59.1 Å². The number of piperidine rings is 1. The fraction of sp³-hybridized carbons (Fsp3) is 0.450. The molecule has 0 spiro atoms. The molecule has 1 fully saturated rings. The first-order chi connectivity index (χ1) is 14.0. The average Bonchev–Trinajstić information content (AvgIpc) is 3.36. The standard InChI is InChI=1S/C20H24ClN5O2S/c1-24-11-15(22-12-24)19(27)25(2)10-13-6-8-26(9-7-13)20-23-17-16(28-3)5-4-14(21)18(17)29-20/h4-5,11-13H,6-10H2,1-3H3. The SMILES string of the molecule is COc1ccc(Cl)c2sc(N3CCC(CN(C)C(=O)c4cn(C)cn4)CC3)nc12. The number of aromatic nitrogens is 3. The highest BCUT2D eigenvalue weighted by Gasteiger charge is 2.25. The molecule has 1 saturated heterocycles. The molecule has 1 aromatic carbocycles. The van der Waals surface area contributed by atoms with E-state index in [1.54, 1.807) is 40.4 Å². The van der Waals surface area contributed by atoms with Crippen molar-refractivity contribution in [2.45, 2.75) is 12.8 Å². The third-order valence-corrected chi connectivity index (χ3v) is 6.93. The van der Waals surface area contributed by atoms with E-state index in [1.807, 2.05) is 26.2 Å². The molecule has 9 heteroatoms. The zero-order valence-corrected chi connectivity index (χ0v) is 18.3. The number of amides is 1. The summed E-state index contributed by atoms with van der Waals surface area (Å²) in [5.74, 6) is 1.19. The Labute approximate surface area is 178 Å². The van der Waals surface area contributed by atoms with Crippen molar-refractivity contribution in [1.82, 2.24) is 19.4 Å². The maximum Gasteiger partial charge on any atom is 0.273 e. The lowest BCUT2D eigenvalue weighted by Gasteiger charge is -2.33. The van der Waals surface area contributed by atoms with E-state index in [0.29, 0.717) is 16.6 Å². The van der Waals surface area contributed by atoms with Gasteiger partial charge >= 0.3 is 0 Å². The normalized spacial score (nSPS) is 15.1. The van der Waals surface area contributed by atoms with Gasteiger partial charge in [0.25, 0.3) is 5.91 Å². The van der Waals surface area contributed by atoms with Crippen molar-refractivity contribution in [1.29, 1.82) is 0 Å². The van der Waals surface area contributed by atoms with Gasteiger partial charge in [0.2, 0.25) is 0 Å². The Morgan fingerprint density at radius 2 is 2.14 bits per heavy atom. The van der Waals surface area contributed by atoms with E-state index in [-0.39, 0.29) is 5.91 Å². The Hall–Kier alpha value is -2.32. The first-order valence-electron chi connectivity index (χ1n) is 9.57. The van der Waals surface area contributed by atoms with E-state index < -0.39 is 0 Å². The summed E-state index contributed by atoms with van der Waals surface area (Å²) in [4.78, 5) is 25.5. The number of methoxy groups -OCH3 is 1. The van der Waals surface area contributed by atoms with Crippen LogP contribution in [0.4, 0.5) is 5.13 Å². The zero-order chi connectivity index (χ0) is 20.5. The first kappa shape index (κ1) is 20.0. The van der Waals surface area contributed by atoms with E-state index in [9.17, 15) is 4.79 Å². The number of rotatable bonds is 5. The monoisotopic (exact) mass is 433 g/mol. The number of anilines is 1. The Balaban J connectivity index is 1.39. The van der Waals surface area contributed by atoms with Gasteiger partial charge in [-0.25, -0.2) is 9.97 Å². The molecular formula is C20H24ClN5O2S. The summed E-state index contributed by atoms with van der Waals surface area (Å²) in [7, 11) is 5.37. The molecule has 1 amide bonds. The predicted molar refractivity (Wildman–Crippen MR) is 116 cm³/mol. The van der Waals surface area contributed by atoms with Gasteiger partial charge in [-0.05, 0) is 30.9 Å². The minimum atomic E-state index is -0.0269. The van der Waals surface area contributed by atoms with Crippen molar-refractivity contribution in [2.24, 2.45) is 13.0 Å². The van der Waals surface area contributed by atoms with Gasteiger partial charge < -0.3 is 19.1 Å². The number of thiazole rings is 1. The van der Waals surface area contributed by atoms with Crippen molar-refractivity contribution < 1.29 is 9.53 Å². The molecule has 7 nitrogen and oxygen atoms in total. The number of nitrogens with zero attached hydrogens (tertiary/aromatic N) is 5. The number of carbonyl (C=O) groups excluding carboxylic acids is 1. The molecule has 0 unspecified atom stereocenters. The minimum Gasteiger partial charge on any atom is -0.494 e. The lowest BCUT2D eigenvalue weighted by molar-refractivity contribution is 0.0759. The molecule has 154 valence electrons. The second kappa shape index (κ2) is 8.20. The third-order valence-electron chi connectivity index (χ3n) is 5.35. The van der Waals surface area contributed by atoms with Gasteiger partial charge in [0.15, 0.2) is 5.13 Å². The number of hydrogen-bond acceptors (Lipinski definition) is 6. The highest BCUT2D eigenvalue weighted by Crippen LogP contribution is 2.39. The quantitative estimate of drug-likeness (QED) is 0.614. The molecule has 0 N–H and O–H groups in total. The van der Waals surface area contributed by atoms with Crippen LogP contribution in [0.5, 0.6) is 5.75 Å². The number of aryl methyl sites for hydroxylation is 1. The maximum absolute atomic E-state index is 12.5. The molecule has 3 heterocycles. The molecule has 29 heavy (non-hydrogen) atoms. The van der Waals surface area contributed by atoms with E-state index >= 15 is 0 Å². The summed E-state index contributed by atoms with van der Waals surface area (Å²) in [6, 6.07) is 3.71. The molecule has 0 radical (unpaired) electrons. The summed E-state index contributed by atoms with van der Waals surface area (Å²) in [6.45, 7) is 2.56. The molecule has 1 aliphatic heterocycles. The van der Waals surface area contributed by atoms with Crippen molar-refractivity contribution in [2.75, 3.05) is 38.7 Å². The van der Waals surface area contributed by atoms with Gasteiger partial charge in [0.05, 0.1) is 23.2 Å². The molecular weight excluding hydrogens is 410 g/mol. The van der Waals surface area contributed by atoms with E-state index in [2.05, 4.69) is 9.88 Å². The molecule has 4 rings (SSSR count). The van der Waals surface area contributed by atoms with Crippen LogP contribution in [0, 0.1) is 5.92 Å². The van der Waals surface area contributed by atoms with Crippen LogP contribution >= 0.6 is 22.9 Å². The van der Waals surface area contributed by atoms with Crippen LogP contribution < -0.4 is 9.64 Å². The number of carbonyl (C=O) groups is 1. The van der Waals surface area contributed by atoms with Crippen LogP contribution in [0.3, 0.4) is 0 Å². The third kappa shape index (κ3) is 4.04. The summed E-state index contributed by atoms with van der Waals surface area (Å²) < 4.78 is 8.18. The predicted octanol–water partition coefficient (Wildman–Crippen LogP) is 3.68. The molecule has 2 aromatic heterocycles. The van der Waals surface area contributed by atoms with E-state index in [1.165, 1.54) is 0 Å². The van der Waals surface area contributed by atoms with Crippen LogP contribution in [0.1, 0.15) is 23.3 Å². The largest absolute Gasteiger partial charge is 0.494 e. The zero-order valence-electron chi connectivity index (χ0n) is 16.8. The highest BCUT2D eigenvalue weighted by atomic mass is 35.5. The Morgan fingerprint density at radius 1 is 1.38 bits per heavy atom. The van der Waals surface area contributed by atoms with E-state index in [4.69, 9.17) is 21.3 Å². The Morgan fingerprint density at radius 3 is 2.79 bits per heavy atom. The van der Waals surface area contributed by atoms with Gasteiger partial charge in [-0.3, -0.25) is 4.79 Å². The molecule has 1 aliphatic rings. The second-order valence-electron chi connectivity index (χ2n) is 7.46. The molecule has 0 aliphatic carbocycles. The Bertz CT molecular complexity index is 1030. The summed E-state index contributed by atoms with van der Waals surface area (Å²) in [6.07, 6.45) is 5.44. The number of ether oxygens (including phenoxy) is 1. The highest BCUT2D eigenvalue weighted by molar-refractivity contribution is 7.22. The molecule has 0 bridgehead atoms. The second-order valence-corrected chi connectivity index (χ2v) is 8.85. The Kier molecular flexibility index (Phi) is 5.65. The van der Waals surface area contributed by atoms with E-state index in [0.717, 1.165) is 53.6 Å². The van der Waals surface area contributed by atoms with Crippen LogP contribution in [0.2, 0.25) is 5.02 Å². The van der Waals surface area contributed by atoms with Gasteiger partial charge in [-0.15, -0.1) is 0 Å². The van der Waals surface area contributed by atoms with Gasteiger partial charge in [-0.2, -0.15) is 0 Å². The fourth-order valence-corrected chi connectivity index (χ4v) is 5.04. The van der Waals surface area contributed by atoms with Crippen molar-refractivity contribution in [3.8, 4) is 5.75 Å². The topological polar surface area (TPSA) is 63.5 Å². The number of benzene rings is 1. The molecule has 0 atom stereocenters. The minimum absolute atomic E-state index is 0.0269. The number of imidazole rings is 1. The van der Waals surface area contributed by atoms with Crippen molar-refractivity contribution >= 4 is 44.2 Å². The lowest BCUT2D eigenvalue weighted by Crippen LogP contribution is -2.39. The van der Waals surface area contributed by atoms with Crippen molar-refractivity contribution in [3.05, 3.63) is 35.4 Å². The summed E-state index contributed by atoms with van der Waals surface area (Å²) in [5.41, 5.74) is 1.32. The average molecular weight is 434 g/mol. The number of halogens is 1. The van der Waals surface area contributed by atoms with Gasteiger partial charge in [0, 0.05) is 39.9 Å². The van der Waals surface area contributed by atoms with Crippen LogP contribution in [-0.2, 0) is 7.05 Å². The van der Waals surface area contributed by atoms with Gasteiger partial charge in [-0.1, -0.05) is 22.9 Å². The smallest absolute Gasteiger partial charge is 0.273 e. The molecule has 0 saturated carbocycles. The first-order valence-corrected chi connectivity index (χ1v) is 10.8. The fourth-order valence-electron chi connectivity index (χ4n) is 3.74.